The van der Waals surface area contributed by atoms with E-state index in [0.717, 1.165) is 5.56 Å². The van der Waals surface area contributed by atoms with Crippen LogP contribution in [0.25, 0.3) is 11.3 Å². The molecule has 0 saturated carbocycles. The molecule has 0 aliphatic rings. The van der Waals surface area contributed by atoms with Gasteiger partial charge in [-0.25, -0.2) is 0 Å². The van der Waals surface area contributed by atoms with E-state index >= 15 is 0 Å². The van der Waals surface area contributed by atoms with Crippen molar-refractivity contribution in [3.05, 3.63) is 77.0 Å². The molecule has 0 bridgehead atoms. The Morgan fingerprint density at radius 1 is 1.12 bits per heavy atom. The predicted molar refractivity (Wildman–Crippen MR) is 105 cm³/mol. The number of aliphatic hydroxyl groups is 1. The Morgan fingerprint density at radius 2 is 1.92 bits per heavy atom. The Bertz CT molecular complexity index is 955. The molecule has 5 nitrogen and oxygen atoms in total. The number of benzene rings is 2. The first-order chi connectivity index (χ1) is 12.5. The lowest BCUT2D eigenvalue weighted by molar-refractivity contribution is 0.0977. The summed E-state index contributed by atoms with van der Waals surface area (Å²) in [5.41, 5.74) is 1.93. The highest BCUT2D eigenvalue weighted by atomic mass is 35.5. The minimum atomic E-state index is -0.347. The zero-order valence-electron chi connectivity index (χ0n) is 13.5. The van der Waals surface area contributed by atoms with E-state index in [1.807, 2.05) is 24.3 Å². The largest absolute Gasteiger partial charge is 0.459 e. The first kappa shape index (κ1) is 18.1. The molecule has 1 amide bonds. The summed E-state index contributed by atoms with van der Waals surface area (Å²) < 4.78 is 5.52. The molecule has 2 aromatic carbocycles. The van der Waals surface area contributed by atoms with Gasteiger partial charge in [0.1, 0.15) is 18.1 Å². The SMILES string of the molecule is O=C(NC(=S)Nc1cccc(-c2ccc(CO)o2)c1)c1cccc(Cl)c1. The molecule has 0 atom stereocenters. The van der Waals surface area contributed by atoms with Gasteiger partial charge in [0.2, 0.25) is 0 Å². The third kappa shape index (κ3) is 4.49. The van der Waals surface area contributed by atoms with Crippen LogP contribution in [-0.2, 0) is 6.61 Å². The molecular formula is C19H15ClN2O3S. The second-order valence-electron chi connectivity index (χ2n) is 5.42. The third-order valence-corrected chi connectivity index (χ3v) is 3.98. The topological polar surface area (TPSA) is 74.5 Å². The van der Waals surface area contributed by atoms with E-state index in [9.17, 15) is 4.79 Å². The number of halogens is 1. The minimum Gasteiger partial charge on any atom is -0.459 e. The number of furan rings is 1. The van der Waals surface area contributed by atoms with Crippen molar-refractivity contribution in [1.29, 1.82) is 0 Å². The number of rotatable bonds is 4. The molecule has 26 heavy (non-hydrogen) atoms. The van der Waals surface area contributed by atoms with Gasteiger partial charge in [0.05, 0.1) is 0 Å². The van der Waals surface area contributed by atoms with Gasteiger partial charge in [-0.2, -0.15) is 0 Å². The summed E-state index contributed by atoms with van der Waals surface area (Å²) in [5.74, 6) is 0.772. The Hall–Kier alpha value is -2.67. The number of nitrogens with one attached hydrogen (secondary N) is 2. The third-order valence-electron chi connectivity index (χ3n) is 3.54. The summed E-state index contributed by atoms with van der Waals surface area (Å²) in [5, 5.41) is 15.3. The van der Waals surface area contributed by atoms with Crippen molar-refractivity contribution in [2.24, 2.45) is 0 Å². The van der Waals surface area contributed by atoms with Gasteiger partial charge < -0.3 is 14.8 Å². The number of carbonyl (C=O) groups is 1. The molecule has 1 heterocycles. The van der Waals surface area contributed by atoms with Gasteiger partial charge in [-0.3, -0.25) is 10.1 Å². The van der Waals surface area contributed by atoms with Crippen LogP contribution in [0.4, 0.5) is 5.69 Å². The van der Waals surface area contributed by atoms with Crippen molar-refractivity contribution in [2.45, 2.75) is 6.61 Å². The van der Waals surface area contributed by atoms with Crippen molar-refractivity contribution in [3.8, 4) is 11.3 Å². The van der Waals surface area contributed by atoms with Gasteiger partial charge >= 0.3 is 0 Å². The van der Waals surface area contributed by atoms with Crippen molar-refractivity contribution in [2.75, 3.05) is 5.32 Å². The lowest BCUT2D eigenvalue weighted by atomic mass is 10.1. The number of amides is 1. The van der Waals surface area contributed by atoms with Crippen LogP contribution in [0.2, 0.25) is 5.02 Å². The summed E-state index contributed by atoms with van der Waals surface area (Å²) in [6, 6.07) is 17.5. The van der Waals surface area contributed by atoms with Crippen LogP contribution >= 0.6 is 23.8 Å². The molecule has 0 fully saturated rings. The van der Waals surface area contributed by atoms with Gasteiger partial charge in [-0.05, 0) is 54.7 Å². The molecule has 3 rings (SSSR count). The smallest absolute Gasteiger partial charge is 0.257 e. The van der Waals surface area contributed by atoms with E-state index in [0.29, 0.717) is 27.8 Å². The lowest BCUT2D eigenvalue weighted by Gasteiger charge is -2.10. The molecule has 132 valence electrons. The van der Waals surface area contributed by atoms with Crippen LogP contribution < -0.4 is 10.6 Å². The fourth-order valence-corrected chi connectivity index (χ4v) is 2.74. The average molecular weight is 387 g/mol. The predicted octanol–water partition coefficient (Wildman–Crippen LogP) is 4.22. The molecular weight excluding hydrogens is 372 g/mol. The van der Waals surface area contributed by atoms with E-state index in [1.165, 1.54) is 0 Å². The van der Waals surface area contributed by atoms with E-state index in [2.05, 4.69) is 10.6 Å². The number of hydrogen-bond acceptors (Lipinski definition) is 4. The Labute approximate surface area is 160 Å². The van der Waals surface area contributed by atoms with Crippen LogP contribution in [0.3, 0.4) is 0 Å². The maximum absolute atomic E-state index is 12.2. The highest BCUT2D eigenvalue weighted by molar-refractivity contribution is 7.80. The molecule has 3 N–H and O–H groups in total. The minimum absolute atomic E-state index is 0.155. The monoisotopic (exact) mass is 386 g/mol. The van der Waals surface area contributed by atoms with Crippen molar-refractivity contribution in [3.63, 3.8) is 0 Å². The normalized spacial score (nSPS) is 10.4. The van der Waals surface area contributed by atoms with Crippen LogP contribution in [0.15, 0.2) is 65.1 Å². The molecule has 0 aliphatic heterocycles. The highest BCUT2D eigenvalue weighted by Crippen LogP contribution is 2.25. The van der Waals surface area contributed by atoms with Gasteiger partial charge in [0.15, 0.2) is 5.11 Å². The maximum atomic E-state index is 12.2. The summed E-state index contributed by atoms with van der Waals surface area (Å²) >= 11 is 11.1. The molecule has 3 aromatic rings. The van der Waals surface area contributed by atoms with Crippen molar-refractivity contribution >= 4 is 40.5 Å². The first-order valence-corrected chi connectivity index (χ1v) is 8.51. The number of anilines is 1. The number of thiocarbonyl (C=S) groups is 1. The molecule has 0 unspecified atom stereocenters. The van der Waals surface area contributed by atoms with Gasteiger partial charge in [-0.1, -0.05) is 29.8 Å². The van der Waals surface area contributed by atoms with Crippen molar-refractivity contribution in [1.82, 2.24) is 5.32 Å². The Morgan fingerprint density at radius 3 is 2.65 bits per heavy atom. The fraction of sp³-hybridized carbons (Fsp3) is 0.0526. The second kappa shape index (κ2) is 8.14. The molecule has 0 aliphatic carbocycles. The van der Waals surface area contributed by atoms with Crippen LogP contribution in [0.5, 0.6) is 0 Å². The average Bonchev–Trinajstić information content (AvgIpc) is 3.11. The summed E-state index contributed by atoms with van der Waals surface area (Å²) in [7, 11) is 0. The number of hydrogen-bond donors (Lipinski definition) is 3. The zero-order valence-corrected chi connectivity index (χ0v) is 15.1. The zero-order chi connectivity index (χ0) is 18.5. The van der Waals surface area contributed by atoms with Crippen molar-refractivity contribution < 1.29 is 14.3 Å². The van der Waals surface area contributed by atoms with E-state index in [1.54, 1.807) is 36.4 Å². The van der Waals surface area contributed by atoms with Gasteiger partial charge in [0, 0.05) is 21.8 Å². The molecule has 0 spiro atoms. The lowest BCUT2D eigenvalue weighted by Crippen LogP contribution is -2.34. The molecule has 0 saturated heterocycles. The van der Waals surface area contributed by atoms with Crippen LogP contribution in [0.1, 0.15) is 16.1 Å². The molecule has 7 heteroatoms. The Kier molecular flexibility index (Phi) is 5.68. The molecule has 1 aromatic heterocycles. The number of aliphatic hydroxyl groups excluding tert-OH is 1. The fourth-order valence-electron chi connectivity index (χ4n) is 2.34. The summed E-state index contributed by atoms with van der Waals surface area (Å²) in [6.45, 7) is -0.155. The van der Waals surface area contributed by atoms with Crippen LogP contribution in [0, 0.1) is 0 Å². The molecule has 0 radical (unpaired) electrons. The van der Waals surface area contributed by atoms with E-state index in [-0.39, 0.29) is 17.6 Å². The van der Waals surface area contributed by atoms with Gasteiger partial charge in [0.25, 0.3) is 5.91 Å². The number of carbonyl (C=O) groups excluding carboxylic acids is 1. The summed E-state index contributed by atoms with van der Waals surface area (Å²) in [6.07, 6.45) is 0. The quantitative estimate of drug-likeness (QED) is 0.585. The summed E-state index contributed by atoms with van der Waals surface area (Å²) in [4.78, 5) is 12.2. The highest BCUT2D eigenvalue weighted by Gasteiger charge is 2.09. The van der Waals surface area contributed by atoms with E-state index in [4.69, 9.17) is 33.3 Å². The van der Waals surface area contributed by atoms with E-state index < -0.39 is 0 Å². The maximum Gasteiger partial charge on any atom is 0.257 e. The standard InChI is InChI=1S/C19H15ClN2O3S/c20-14-5-1-4-13(9-14)18(24)22-19(26)21-15-6-2-3-12(10-15)17-8-7-16(11-23)25-17/h1-10,23H,11H2,(H2,21,22,24,26). The Balaban J connectivity index is 1.67. The van der Waals surface area contributed by atoms with Gasteiger partial charge in [-0.15, -0.1) is 0 Å². The van der Waals surface area contributed by atoms with Crippen LogP contribution in [-0.4, -0.2) is 16.1 Å². The second-order valence-corrected chi connectivity index (χ2v) is 6.27. The first-order valence-electron chi connectivity index (χ1n) is 7.73.